The SMILES string of the molecule is Cc1occc1SCC(N)c1cccc(F)c1. The second kappa shape index (κ2) is 5.38. The summed E-state index contributed by atoms with van der Waals surface area (Å²) in [6.45, 7) is 1.91. The highest BCUT2D eigenvalue weighted by Gasteiger charge is 2.09. The van der Waals surface area contributed by atoms with Gasteiger partial charge in [-0.2, -0.15) is 0 Å². The molecule has 17 heavy (non-hydrogen) atoms. The predicted molar refractivity (Wildman–Crippen MR) is 67.5 cm³/mol. The fourth-order valence-electron chi connectivity index (χ4n) is 1.54. The van der Waals surface area contributed by atoms with E-state index >= 15 is 0 Å². The molecule has 2 aromatic rings. The van der Waals surface area contributed by atoms with Gasteiger partial charge in [-0.3, -0.25) is 0 Å². The van der Waals surface area contributed by atoms with Crippen molar-refractivity contribution in [3.05, 3.63) is 53.7 Å². The molecule has 1 atom stereocenters. The van der Waals surface area contributed by atoms with Gasteiger partial charge in [-0.15, -0.1) is 11.8 Å². The van der Waals surface area contributed by atoms with Crippen LogP contribution in [0.1, 0.15) is 17.4 Å². The smallest absolute Gasteiger partial charge is 0.123 e. The minimum atomic E-state index is -0.248. The van der Waals surface area contributed by atoms with E-state index in [1.165, 1.54) is 12.1 Å². The molecule has 0 amide bonds. The quantitative estimate of drug-likeness (QED) is 0.845. The van der Waals surface area contributed by atoms with E-state index in [1.54, 1.807) is 24.1 Å². The van der Waals surface area contributed by atoms with Gasteiger partial charge in [0.2, 0.25) is 0 Å². The van der Waals surface area contributed by atoms with Crippen LogP contribution in [0.25, 0.3) is 0 Å². The molecule has 0 aliphatic carbocycles. The fourth-order valence-corrected chi connectivity index (χ4v) is 2.49. The summed E-state index contributed by atoms with van der Waals surface area (Å²) < 4.78 is 18.2. The molecular weight excluding hydrogens is 237 g/mol. The van der Waals surface area contributed by atoms with Crippen molar-refractivity contribution in [3.63, 3.8) is 0 Å². The van der Waals surface area contributed by atoms with E-state index in [4.69, 9.17) is 10.2 Å². The molecule has 0 aliphatic rings. The van der Waals surface area contributed by atoms with Crippen LogP contribution in [0.5, 0.6) is 0 Å². The Bertz CT molecular complexity index is 498. The standard InChI is InChI=1S/C13H14FNOS/c1-9-13(5-6-16-9)17-8-12(15)10-3-2-4-11(14)7-10/h2-7,12H,8,15H2,1H3. The van der Waals surface area contributed by atoms with Gasteiger partial charge in [0.15, 0.2) is 0 Å². The van der Waals surface area contributed by atoms with Crippen molar-refractivity contribution >= 4 is 11.8 Å². The first-order chi connectivity index (χ1) is 8.16. The second-order valence-corrected chi connectivity index (χ2v) is 4.88. The van der Waals surface area contributed by atoms with E-state index in [1.807, 2.05) is 19.1 Å². The number of halogens is 1. The van der Waals surface area contributed by atoms with Crippen molar-refractivity contribution in [1.82, 2.24) is 0 Å². The lowest BCUT2D eigenvalue weighted by atomic mass is 10.1. The maximum atomic E-state index is 13.0. The van der Waals surface area contributed by atoms with E-state index in [0.717, 1.165) is 16.2 Å². The molecule has 2 N–H and O–H groups in total. The van der Waals surface area contributed by atoms with Crippen molar-refractivity contribution in [3.8, 4) is 0 Å². The van der Waals surface area contributed by atoms with E-state index in [9.17, 15) is 4.39 Å². The summed E-state index contributed by atoms with van der Waals surface area (Å²) in [7, 11) is 0. The van der Waals surface area contributed by atoms with Crippen molar-refractivity contribution in [1.29, 1.82) is 0 Å². The highest BCUT2D eigenvalue weighted by Crippen LogP contribution is 2.26. The van der Waals surface area contributed by atoms with Crippen molar-refractivity contribution in [2.75, 3.05) is 5.75 Å². The first-order valence-electron chi connectivity index (χ1n) is 5.35. The lowest BCUT2D eigenvalue weighted by molar-refractivity contribution is 0.527. The number of rotatable bonds is 4. The fraction of sp³-hybridized carbons (Fsp3) is 0.231. The normalized spacial score (nSPS) is 12.6. The van der Waals surface area contributed by atoms with Gasteiger partial charge in [0.25, 0.3) is 0 Å². The lowest BCUT2D eigenvalue weighted by Gasteiger charge is -2.11. The summed E-state index contributed by atoms with van der Waals surface area (Å²) in [4.78, 5) is 1.08. The molecule has 2 nitrogen and oxygen atoms in total. The zero-order valence-corrected chi connectivity index (χ0v) is 10.3. The molecule has 0 spiro atoms. The minimum Gasteiger partial charge on any atom is -0.468 e. The first-order valence-corrected chi connectivity index (χ1v) is 6.33. The van der Waals surface area contributed by atoms with Crippen LogP contribution < -0.4 is 5.73 Å². The van der Waals surface area contributed by atoms with Crippen molar-refractivity contribution in [2.45, 2.75) is 17.9 Å². The minimum absolute atomic E-state index is 0.176. The third-order valence-electron chi connectivity index (χ3n) is 2.51. The molecule has 1 unspecified atom stereocenters. The van der Waals surface area contributed by atoms with Gasteiger partial charge >= 0.3 is 0 Å². The summed E-state index contributed by atoms with van der Waals surface area (Å²) in [5, 5.41) is 0. The molecule has 2 rings (SSSR count). The van der Waals surface area contributed by atoms with E-state index in [-0.39, 0.29) is 11.9 Å². The Labute approximate surface area is 104 Å². The maximum absolute atomic E-state index is 13.0. The summed E-state index contributed by atoms with van der Waals surface area (Å²) in [5.41, 5.74) is 6.83. The third kappa shape index (κ3) is 3.11. The van der Waals surface area contributed by atoms with Gasteiger partial charge in [0.1, 0.15) is 11.6 Å². The Morgan fingerprint density at radius 1 is 1.41 bits per heavy atom. The van der Waals surface area contributed by atoms with Crippen LogP contribution in [0, 0.1) is 12.7 Å². The van der Waals surface area contributed by atoms with Crippen molar-refractivity contribution in [2.24, 2.45) is 5.73 Å². The largest absolute Gasteiger partial charge is 0.468 e. The third-order valence-corrected chi connectivity index (χ3v) is 3.77. The molecule has 0 fully saturated rings. The molecule has 0 bridgehead atoms. The first kappa shape index (κ1) is 12.2. The number of nitrogens with two attached hydrogens (primary N) is 1. The predicted octanol–water partition coefficient (Wildman–Crippen LogP) is 3.52. The van der Waals surface area contributed by atoms with Gasteiger partial charge in [-0.25, -0.2) is 4.39 Å². The molecule has 1 aromatic heterocycles. The summed E-state index contributed by atoms with van der Waals surface area (Å²) >= 11 is 1.62. The van der Waals surface area contributed by atoms with Crippen LogP contribution >= 0.6 is 11.8 Å². The Morgan fingerprint density at radius 2 is 2.24 bits per heavy atom. The van der Waals surface area contributed by atoms with Crippen LogP contribution in [0.15, 0.2) is 45.9 Å². The molecule has 0 saturated heterocycles. The average molecular weight is 251 g/mol. The van der Waals surface area contributed by atoms with Gasteiger partial charge in [-0.05, 0) is 30.7 Å². The lowest BCUT2D eigenvalue weighted by Crippen LogP contribution is -2.13. The average Bonchev–Trinajstić information content (AvgIpc) is 2.72. The van der Waals surface area contributed by atoms with Gasteiger partial charge in [-0.1, -0.05) is 12.1 Å². The monoisotopic (exact) mass is 251 g/mol. The van der Waals surface area contributed by atoms with Crippen LogP contribution in [0.3, 0.4) is 0 Å². The Morgan fingerprint density at radius 3 is 2.88 bits per heavy atom. The zero-order valence-electron chi connectivity index (χ0n) is 9.52. The molecule has 90 valence electrons. The molecule has 4 heteroatoms. The van der Waals surface area contributed by atoms with Gasteiger partial charge in [0.05, 0.1) is 6.26 Å². The van der Waals surface area contributed by atoms with E-state index in [2.05, 4.69) is 0 Å². The molecule has 0 aliphatic heterocycles. The Hall–Kier alpha value is -1.26. The van der Waals surface area contributed by atoms with Crippen LogP contribution in [-0.4, -0.2) is 5.75 Å². The van der Waals surface area contributed by atoms with Crippen LogP contribution in [0.2, 0.25) is 0 Å². The van der Waals surface area contributed by atoms with E-state index in [0.29, 0.717) is 5.75 Å². The second-order valence-electron chi connectivity index (χ2n) is 3.81. The molecule has 1 aromatic carbocycles. The van der Waals surface area contributed by atoms with Gasteiger partial charge in [0, 0.05) is 16.7 Å². The Kier molecular flexibility index (Phi) is 3.86. The molecule has 0 saturated carbocycles. The number of hydrogen-bond donors (Lipinski definition) is 1. The maximum Gasteiger partial charge on any atom is 0.123 e. The zero-order chi connectivity index (χ0) is 12.3. The van der Waals surface area contributed by atoms with Crippen LogP contribution in [0.4, 0.5) is 4.39 Å². The summed E-state index contributed by atoms with van der Waals surface area (Å²) in [5.74, 6) is 1.34. The number of furan rings is 1. The van der Waals surface area contributed by atoms with Crippen molar-refractivity contribution < 1.29 is 8.81 Å². The van der Waals surface area contributed by atoms with E-state index < -0.39 is 0 Å². The number of benzene rings is 1. The molecule has 1 heterocycles. The molecular formula is C13H14FNOS. The Balaban J connectivity index is 1.98. The number of aryl methyl sites for hydroxylation is 1. The van der Waals surface area contributed by atoms with Gasteiger partial charge < -0.3 is 10.2 Å². The highest BCUT2D eigenvalue weighted by atomic mass is 32.2. The summed E-state index contributed by atoms with van der Waals surface area (Å²) in [6, 6.07) is 8.16. The summed E-state index contributed by atoms with van der Waals surface area (Å²) in [6.07, 6.45) is 1.66. The topological polar surface area (TPSA) is 39.2 Å². The highest BCUT2D eigenvalue weighted by molar-refractivity contribution is 7.99. The number of hydrogen-bond acceptors (Lipinski definition) is 3. The number of thioether (sulfide) groups is 1. The molecule has 0 radical (unpaired) electrons. The van der Waals surface area contributed by atoms with Crippen LogP contribution in [-0.2, 0) is 0 Å².